The molecule has 0 atom stereocenters. The predicted molar refractivity (Wildman–Crippen MR) is 78.9 cm³/mol. The molecule has 3 aliphatic heterocycles. The number of hydrogen-bond donors (Lipinski definition) is 1. The molecule has 0 radical (unpaired) electrons. The molecule has 3 amide bonds. The van der Waals surface area contributed by atoms with E-state index in [1.54, 1.807) is 11.1 Å². The molecule has 0 aliphatic carbocycles. The number of hydrogen-bond acceptors (Lipinski definition) is 6. The highest BCUT2D eigenvalue weighted by Gasteiger charge is 2.40. The van der Waals surface area contributed by atoms with E-state index in [1.165, 1.54) is 7.05 Å². The molecule has 0 aromatic rings. The smallest absolute Gasteiger partial charge is 0.277 e. The van der Waals surface area contributed by atoms with E-state index >= 15 is 0 Å². The van der Waals surface area contributed by atoms with Crippen LogP contribution in [-0.2, 0) is 14.4 Å². The number of nitrogens with one attached hydrogen (secondary N) is 1. The molecule has 116 valence electrons. The first-order valence-corrected chi connectivity index (χ1v) is 7.26. The van der Waals surface area contributed by atoms with Gasteiger partial charge in [0, 0.05) is 31.8 Å². The Bertz CT molecular complexity index is 634. The van der Waals surface area contributed by atoms with E-state index in [0.717, 1.165) is 17.7 Å². The van der Waals surface area contributed by atoms with E-state index in [-0.39, 0.29) is 24.3 Å². The Morgan fingerprint density at radius 3 is 2.86 bits per heavy atom. The third-order valence-electron chi connectivity index (χ3n) is 3.92. The number of likely N-dealkylation sites (N-methyl/N-ethyl adjacent to an activating group) is 1. The number of nitrogens with zero attached hydrogens (tertiary/aromatic N) is 4. The van der Waals surface area contributed by atoms with Gasteiger partial charge >= 0.3 is 0 Å². The fourth-order valence-electron chi connectivity index (χ4n) is 2.83. The Hall–Kier alpha value is -2.51. The van der Waals surface area contributed by atoms with E-state index in [2.05, 4.69) is 15.5 Å². The lowest BCUT2D eigenvalue weighted by Gasteiger charge is -2.28. The molecular weight excluding hydrogens is 286 g/mol. The maximum atomic E-state index is 12.2. The van der Waals surface area contributed by atoms with Crippen molar-refractivity contribution < 1.29 is 14.4 Å². The van der Waals surface area contributed by atoms with Crippen molar-refractivity contribution in [2.75, 3.05) is 20.1 Å². The fourth-order valence-corrected chi connectivity index (χ4v) is 2.83. The van der Waals surface area contributed by atoms with E-state index < -0.39 is 0 Å². The summed E-state index contributed by atoms with van der Waals surface area (Å²) in [6, 6.07) is 0. The van der Waals surface area contributed by atoms with Crippen LogP contribution in [0.5, 0.6) is 0 Å². The Balaban J connectivity index is 1.71. The fraction of sp³-hybridized carbons (Fsp3) is 0.500. The van der Waals surface area contributed by atoms with E-state index in [1.807, 2.05) is 0 Å². The highest BCUT2D eigenvalue weighted by molar-refractivity contribution is 6.19. The second kappa shape index (κ2) is 5.70. The van der Waals surface area contributed by atoms with Gasteiger partial charge in [0.05, 0.1) is 6.54 Å². The molecule has 0 saturated carbocycles. The van der Waals surface area contributed by atoms with E-state index in [9.17, 15) is 14.4 Å². The SMILES string of the molecule is CN1C(=O)C2=C(C1=O)N(CC(=O)NC1=NN=CCC1)CCC2. The van der Waals surface area contributed by atoms with Crippen LogP contribution in [0.3, 0.4) is 0 Å². The molecule has 0 unspecified atom stereocenters. The molecule has 8 heteroatoms. The molecule has 3 rings (SSSR count). The van der Waals surface area contributed by atoms with Crippen molar-refractivity contribution in [2.45, 2.75) is 25.7 Å². The number of amides is 3. The lowest BCUT2D eigenvalue weighted by atomic mass is 10.0. The third-order valence-corrected chi connectivity index (χ3v) is 3.92. The van der Waals surface area contributed by atoms with Gasteiger partial charge in [0.1, 0.15) is 11.5 Å². The number of carbonyl (C=O) groups is 3. The zero-order chi connectivity index (χ0) is 15.7. The van der Waals surface area contributed by atoms with Gasteiger partial charge in [-0.2, -0.15) is 5.10 Å². The van der Waals surface area contributed by atoms with E-state index in [4.69, 9.17) is 0 Å². The zero-order valence-electron chi connectivity index (χ0n) is 12.3. The molecule has 0 saturated heterocycles. The Morgan fingerprint density at radius 2 is 2.14 bits per heavy atom. The van der Waals surface area contributed by atoms with Crippen molar-refractivity contribution >= 4 is 29.8 Å². The summed E-state index contributed by atoms with van der Waals surface area (Å²) in [4.78, 5) is 39.1. The predicted octanol–water partition coefficient (Wildman–Crippen LogP) is -0.371. The summed E-state index contributed by atoms with van der Waals surface area (Å²) in [5.74, 6) is -0.299. The summed E-state index contributed by atoms with van der Waals surface area (Å²) >= 11 is 0. The van der Waals surface area contributed by atoms with Crippen molar-refractivity contribution in [3.8, 4) is 0 Å². The van der Waals surface area contributed by atoms with Crippen LogP contribution in [0.2, 0.25) is 0 Å². The minimum absolute atomic E-state index is 0.0361. The average Bonchev–Trinajstić information content (AvgIpc) is 2.74. The molecule has 0 aromatic carbocycles. The average molecular weight is 303 g/mol. The van der Waals surface area contributed by atoms with Gasteiger partial charge in [0.2, 0.25) is 5.91 Å². The topological polar surface area (TPSA) is 94.4 Å². The molecule has 22 heavy (non-hydrogen) atoms. The first-order valence-electron chi connectivity index (χ1n) is 7.26. The second-order valence-electron chi connectivity index (χ2n) is 5.45. The first kappa shape index (κ1) is 14.4. The maximum Gasteiger partial charge on any atom is 0.277 e. The van der Waals surface area contributed by atoms with Gasteiger partial charge < -0.3 is 10.2 Å². The highest BCUT2D eigenvalue weighted by atomic mass is 16.2. The molecule has 8 nitrogen and oxygen atoms in total. The van der Waals surface area contributed by atoms with Gasteiger partial charge in [-0.3, -0.25) is 19.3 Å². The van der Waals surface area contributed by atoms with Crippen molar-refractivity contribution in [3.05, 3.63) is 11.3 Å². The molecule has 0 aromatic heterocycles. The Kier molecular flexibility index (Phi) is 3.74. The summed E-state index contributed by atoms with van der Waals surface area (Å²) in [7, 11) is 1.47. The summed E-state index contributed by atoms with van der Waals surface area (Å²) in [6.07, 6.45) is 4.42. The standard InChI is InChI=1S/C14H17N5O3/c1-18-13(21)9-4-3-7-19(12(9)14(18)22)8-11(20)16-10-5-2-6-15-17-10/h6H,2-5,7-8H2,1H3,(H,16,17,20). The monoisotopic (exact) mass is 303 g/mol. The van der Waals surface area contributed by atoms with Crippen LogP contribution < -0.4 is 5.32 Å². The van der Waals surface area contributed by atoms with Crippen LogP contribution in [0.15, 0.2) is 21.5 Å². The summed E-state index contributed by atoms with van der Waals surface area (Å²) in [5.41, 5.74) is 0.892. The van der Waals surface area contributed by atoms with Crippen molar-refractivity contribution in [3.63, 3.8) is 0 Å². The lowest BCUT2D eigenvalue weighted by Crippen LogP contribution is -2.43. The highest BCUT2D eigenvalue weighted by Crippen LogP contribution is 2.30. The zero-order valence-corrected chi connectivity index (χ0v) is 12.3. The maximum absolute atomic E-state index is 12.2. The number of imide groups is 1. The van der Waals surface area contributed by atoms with Crippen molar-refractivity contribution in [2.24, 2.45) is 10.2 Å². The van der Waals surface area contributed by atoms with Crippen molar-refractivity contribution in [1.82, 2.24) is 15.1 Å². The van der Waals surface area contributed by atoms with Gasteiger partial charge in [0.25, 0.3) is 11.8 Å². The molecule has 1 N–H and O–H groups in total. The summed E-state index contributed by atoms with van der Waals surface area (Å²) in [5, 5.41) is 10.3. The van der Waals surface area contributed by atoms with Gasteiger partial charge in [-0.15, -0.1) is 5.10 Å². The van der Waals surface area contributed by atoms with Gasteiger partial charge in [0.15, 0.2) is 0 Å². The number of rotatable bonds is 2. The minimum Gasteiger partial charge on any atom is -0.357 e. The summed E-state index contributed by atoms with van der Waals surface area (Å²) in [6.45, 7) is 0.623. The van der Waals surface area contributed by atoms with E-state index in [0.29, 0.717) is 36.5 Å². The molecule has 0 fully saturated rings. The van der Waals surface area contributed by atoms with Gasteiger partial charge in [-0.1, -0.05) is 0 Å². The first-order chi connectivity index (χ1) is 10.6. The van der Waals surface area contributed by atoms with Crippen molar-refractivity contribution in [1.29, 1.82) is 0 Å². The Morgan fingerprint density at radius 1 is 1.32 bits per heavy atom. The molecule has 0 spiro atoms. The van der Waals surface area contributed by atoms with Crippen LogP contribution in [0.1, 0.15) is 25.7 Å². The number of carbonyl (C=O) groups excluding carboxylic acids is 3. The second-order valence-corrected chi connectivity index (χ2v) is 5.45. The van der Waals surface area contributed by atoms with Crippen LogP contribution in [0.4, 0.5) is 0 Å². The van der Waals surface area contributed by atoms with Gasteiger partial charge in [-0.25, -0.2) is 0 Å². The van der Waals surface area contributed by atoms with Crippen LogP contribution >= 0.6 is 0 Å². The quantitative estimate of drug-likeness (QED) is 0.704. The third kappa shape index (κ3) is 2.51. The molecular formula is C14H17N5O3. The molecule has 3 heterocycles. The van der Waals surface area contributed by atoms with Crippen LogP contribution in [0, 0.1) is 0 Å². The summed E-state index contributed by atoms with van der Waals surface area (Å²) < 4.78 is 0. The minimum atomic E-state index is -0.327. The molecule has 0 bridgehead atoms. The van der Waals surface area contributed by atoms with Crippen LogP contribution in [0.25, 0.3) is 0 Å². The van der Waals surface area contributed by atoms with Crippen LogP contribution in [-0.4, -0.2) is 59.7 Å². The molecule has 3 aliphatic rings. The normalized spacial score (nSPS) is 21.2. The largest absolute Gasteiger partial charge is 0.357 e. The number of amidine groups is 1. The Labute approximate surface area is 127 Å². The van der Waals surface area contributed by atoms with Gasteiger partial charge in [-0.05, 0) is 19.3 Å². The lowest BCUT2D eigenvalue weighted by molar-refractivity contribution is -0.136.